The lowest BCUT2D eigenvalue weighted by Crippen LogP contribution is -2.32. The quantitative estimate of drug-likeness (QED) is 0.382. The molecule has 0 bridgehead atoms. The third-order valence-corrected chi connectivity index (χ3v) is 3.42. The fourth-order valence-electron chi connectivity index (χ4n) is 2.17. The van der Waals surface area contributed by atoms with Gasteiger partial charge in [-0.3, -0.25) is 0 Å². The predicted molar refractivity (Wildman–Crippen MR) is 84.1 cm³/mol. The molecule has 4 nitrogen and oxygen atoms in total. The van der Waals surface area contributed by atoms with Gasteiger partial charge in [0.05, 0.1) is 0 Å². The van der Waals surface area contributed by atoms with Crippen molar-refractivity contribution >= 4 is 36.3 Å². The minimum Gasteiger partial charge on any atom is -0.409 e. The van der Waals surface area contributed by atoms with Gasteiger partial charge in [0.25, 0.3) is 0 Å². The highest BCUT2D eigenvalue weighted by molar-refractivity contribution is 5.97. The fraction of sp³-hybridized carbons (Fsp3) is 0.462. The van der Waals surface area contributed by atoms with E-state index < -0.39 is 0 Å². The molecule has 1 fully saturated rings. The van der Waals surface area contributed by atoms with Crippen molar-refractivity contribution in [2.24, 2.45) is 16.8 Å². The third kappa shape index (κ3) is 4.48. The van der Waals surface area contributed by atoms with Gasteiger partial charge in [0, 0.05) is 24.3 Å². The van der Waals surface area contributed by atoms with Crippen molar-refractivity contribution in [3.05, 3.63) is 29.8 Å². The largest absolute Gasteiger partial charge is 0.409 e. The molecule has 1 aliphatic heterocycles. The molecule has 1 aromatic carbocycles. The maximum absolute atomic E-state index is 8.59. The Morgan fingerprint density at radius 1 is 1.21 bits per heavy atom. The van der Waals surface area contributed by atoms with Crippen LogP contribution in [-0.2, 0) is 0 Å². The van der Waals surface area contributed by atoms with E-state index in [0.717, 1.165) is 24.6 Å². The molecule has 0 spiro atoms. The van der Waals surface area contributed by atoms with Crippen molar-refractivity contribution in [2.45, 2.75) is 19.8 Å². The van der Waals surface area contributed by atoms with Gasteiger partial charge in [0.2, 0.25) is 0 Å². The normalized spacial score (nSPS) is 16.5. The van der Waals surface area contributed by atoms with E-state index in [1.807, 2.05) is 24.3 Å². The number of piperidine rings is 1. The first-order valence-electron chi connectivity index (χ1n) is 6.03. The summed E-state index contributed by atoms with van der Waals surface area (Å²) in [7, 11) is 0. The number of hydrogen-bond donors (Lipinski definition) is 2. The SMILES string of the molecule is CC1CCN(c2ccc(C(N)=NO)cc2)CC1.Cl.Cl. The highest BCUT2D eigenvalue weighted by Gasteiger charge is 2.15. The van der Waals surface area contributed by atoms with E-state index in [2.05, 4.69) is 17.0 Å². The second-order valence-electron chi connectivity index (χ2n) is 4.70. The van der Waals surface area contributed by atoms with Gasteiger partial charge in [0.15, 0.2) is 5.84 Å². The first kappa shape index (κ1) is 17.9. The molecular weight excluding hydrogens is 285 g/mol. The van der Waals surface area contributed by atoms with Gasteiger partial charge in [-0.05, 0) is 43.0 Å². The lowest BCUT2D eigenvalue weighted by molar-refractivity contribution is 0.318. The van der Waals surface area contributed by atoms with Crippen molar-refractivity contribution in [1.82, 2.24) is 0 Å². The summed E-state index contributed by atoms with van der Waals surface area (Å²) in [4.78, 5) is 2.38. The Kier molecular flexibility index (Phi) is 7.64. The molecule has 1 aliphatic rings. The Morgan fingerprint density at radius 3 is 2.21 bits per heavy atom. The first-order chi connectivity index (χ1) is 8.20. The minimum absolute atomic E-state index is 0. The summed E-state index contributed by atoms with van der Waals surface area (Å²) < 4.78 is 0. The van der Waals surface area contributed by atoms with E-state index in [1.165, 1.54) is 18.5 Å². The molecule has 6 heteroatoms. The minimum atomic E-state index is 0. The number of halogens is 2. The van der Waals surface area contributed by atoms with Crippen LogP contribution in [0.3, 0.4) is 0 Å². The van der Waals surface area contributed by atoms with E-state index in [9.17, 15) is 0 Å². The van der Waals surface area contributed by atoms with Crippen molar-refractivity contribution < 1.29 is 5.21 Å². The maximum atomic E-state index is 8.59. The van der Waals surface area contributed by atoms with Crippen LogP contribution in [0.25, 0.3) is 0 Å². The molecule has 1 saturated heterocycles. The molecule has 2 rings (SSSR count). The van der Waals surface area contributed by atoms with Crippen LogP contribution in [0.5, 0.6) is 0 Å². The predicted octanol–water partition coefficient (Wildman–Crippen LogP) is 2.86. The molecular formula is C13H21Cl2N3O. The number of oxime groups is 1. The van der Waals surface area contributed by atoms with Crippen LogP contribution in [0.2, 0.25) is 0 Å². The molecule has 19 heavy (non-hydrogen) atoms. The molecule has 108 valence electrons. The van der Waals surface area contributed by atoms with Gasteiger partial charge in [0.1, 0.15) is 0 Å². The highest BCUT2D eigenvalue weighted by Crippen LogP contribution is 2.23. The third-order valence-electron chi connectivity index (χ3n) is 3.42. The number of rotatable bonds is 2. The Morgan fingerprint density at radius 2 is 1.74 bits per heavy atom. The zero-order valence-electron chi connectivity index (χ0n) is 11.0. The summed E-state index contributed by atoms with van der Waals surface area (Å²) in [6.07, 6.45) is 2.50. The number of amidine groups is 1. The van der Waals surface area contributed by atoms with E-state index in [1.54, 1.807) is 0 Å². The monoisotopic (exact) mass is 305 g/mol. The van der Waals surface area contributed by atoms with Crippen LogP contribution < -0.4 is 10.6 Å². The van der Waals surface area contributed by atoms with Gasteiger partial charge >= 0.3 is 0 Å². The molecule has 0 amide bonds. The number of nitrogens with zero attached hydrogens (tertiary/aromatic N) is 2. The van der Waals surface area contributed by atoms with E-state index in [-0.39, 0.29) is 30.6 Å². The molecule has 0 aliphatic carbocycles. The van der Waals surface area contributed by atoms with E-state index >= 15 is 0 Å². The van der Waals surface area contributed by atoms with Crippen LogP contribution in [0.4, 0.5) is 5.69 Å². The number of benzene rings is 1. The summed E-state index contributed by atoms with van der Waals surface area (Å²) in [6, 6.07) is 7.84. The maximum Gasteiger partial charge on any atom is 0.170 e. The number of hydrogen-bond acceptors (Lipinski definition) is 3. The Labute approximate surface area is 126 Å². The molecule has 3 N–H and O–H groups in total. The Bertz CT molecular complexity index is 401. The van der Waals surface area contributed by atoms with Crippen LogP contribution in [-0.4, -0.2) is 24.1 Å². The van der Waals surface area contributed by atoms with Crippen molar-refractivity contribution in [3.8, 4) is 0 Å². The number of nitrogens with two attached hydrogens (primary N) is 1. The van der Waals surface area contributed by atoms with Crippen molar-refractivity contribution in [2.75, 3.05) is 18.0 Å². The summed E-state index contributed by atoms with van der Waals surface area (Å²) in [5.41, 5.74) is 7.49. The summed E-state index contributed by atoms with van der Waals surface area (Å²) in [6.45, 7) is 4.53. The van der Waals surface area contributed by atoms with Gasteiger partial charge in [-0.15, -0.1) is 24.8 Å². The van der Waals surface area contributed by atoms with E-state index in [4.69, 9.17) is 10.9 Å². The van der Waals surface area contributed by atoms with Gasteiger partial charge in [-0.25, -0.2) is 0 Å². The molecule has 0 aromatic heterocycles. The molecule has 0 unspecified atom stereocenters. The number of anilines is 1. The summed E-state index contributed by atoms with van der Waals surface area (Å²) in [5, 5.41) is 11.6. The zero-order chi connectivity index (χ0) is 12.3. The van der Waals surface area contributed by atoms with Gasteiger partial charge in [-0.1, -0.05) is 12.1 Å². The average molecular weight is 306 g/mol. The van der Waals surface area contributed by atoms with Gasteiger partial charge in [-0.2, -0.15) is 0 Å². The molecule has 0 atom stereocenters. The topological polar surface area (TPSA) is 61.8 Å². The second kappa shape index (κ2) is 8.12. The summed E-state index contributed by atoms with van der Waals surface area (Å²) >= 11 is 0. The van der Waals surface area contributed by atoms with Crippen LogP contribution in [0, 0.1) is 5.92 Å². The van der Waals surface area contributed by atoms with Crippen LogP contribution >= 0.6 is 24.8 Å². The second-order valence-corrected chi connectivity index (χ2v) is 4.70. The standard InChI is InChI=1S/C13H19N3O.2ClH/c1-10-6-8-16(9-7-10)12-4-2-11(3-5-12)13(14)15-17;;/h2-5,10,17H,6-9H2,1H3,(H2,14,15);2*1H. The summed E-state index contributed by atoms with van der Waals surface area (Å²) in [5.74, 6) is 0.992. The first-order valence-corrected chi connectivity index (χ1v) is 6.03. The lowest BCUT2D eigenvalue weighted by atomic mass is 9.98. The molecule has 1 heterocycles. The lowest BCUT2D eigenvalue weighted by Gasteiger charge is -2.32. The van der Waals surface area contributed by atoms with Crippen LogP contribution in [0.1, 0.15) is 25.3 Å². The molecule has 0 radical (unpaired) electrons. The van der Waals surface area contributed by atoms with Crippen LogP contribution in [0.15, 0.2) is 29.4 Å². The van der Waals surface area contributed by atoms with E-state index in [0.29, 0.717) is 0 Å². The Balaban J connectivity index is 0.00000162. The Hall–Kier alpha value is -1.13. The molecule has 0 saturated carbocycles. The van der Waals surface area contributed by atoms with Gasteiger partial charge < -0.3 is 15.8 Å². The fourth-order valence-corrected chi connectivity index (χ4v) is 2.17. The average Bonchev–Trinajstić information content (AvgIpc) is 2.39. The highest BCUT2D eigenvalue weighted by atomic mass is 35.5. The van der Waals surface area contributed by atoms with Crippen molar-refractivity contribution in [3.63, 3.8) is 0 Å². The smallest absolute Gasteiger partial charge is 0.170 e. The molecule has 1 aromatic rings. The van der Waals surface area contributed by atoms with Crippen molar-refractivity contribution in [1.29, 1.82) is 0 Å². The zero-order valence-corrected chi connectivity index (χ0v) is 12.6.